The van der Waals surface area contributed by atoms with E-state index in [2.05, 4.69) is 6.92 Å². The Labute approximate surface area is 187 Å². The first-order valence-electron chi connectivity index (χ1n) is 8.32. The summed E-state index contributed by atoms with van der Waals surface area (Å²) in [4.78, 5) is 22.1. The molecule has 7 heteroatoms. The Balaban J connectivity index is 0. The summed E-state index contributed by atoms with van der Waals surface area (Å²) in [7, 11) is 0. The van der Waals surface area contributed by atoms with Crippen LogP contribution >= 0.6 is 0 Å². The first-order chi connectivity index (χ1) is 10.8. The first-order valence-corrected chi connectivity index (χ1v) is 8.32. The second kappa shape index (κ2) is 14.4. The number of hydrogen-bond acceptors (Lipinski definition) is 4. The molecule has 0 fully saturated rings. The van der Waals surface area contributed by atoms with Gasteiger partial charge in [-0.25, -0.2) is 0 Å². The number of unbranched alkanes of at least 4 members (excludes halogenated alkanes) is 3. The number of hydrogen-bond donors (Lipinski definition) is 2. The topological polar surface area (TPSA) is 97.7 Å². The van der Waals surface area contributed by atoms with Gasteiger partial charge in [-0.2, -0.15) is 0 Å². The summed E-state index contributed by atoms with van der Waals surface area (Å²) in [5.74, 6) is -3.55. The Morgan fingerprint density at radius 3 is 2.17 bits per heavy atom. The van der Waals surface area contributed by atoms with Crippen LogP contribution in [0.25, 0.3) is 0 Å². The smallest absolute Gasteiger partial charge is 0.550 e. The van der Waals surface area contributed by atoms with Crippen molar-refractivity contribution in [2.75, 3.05) is 26.4 Å². The van der Waals surface area contributed by atoms with E-state index in [1.54, 1.807) is 6.92 Å². The van der Waals surface area contributed by atoms with E-state index in [0.29, 0.717) is 6.54 Å². The van der Waals surface area contributed by atoms with E-state index in [1.807, 2.05) is 12.2 Å². The van der Waals surface area contributed by atoms with Crippen LogP contribution in [0.1, 0.15) is 46.5 Å². The van der Waals surface area contributed by atoms with E-state index in [1.165, 1.54) is 6.92 Å². The van der Waals surface area contributed by atoms with Gasteiger partial charge >= 0.3 is 57.4 Å². The molecule has 0 saturated carbocycles. The summed E-state index contributed by atoms with van der Waals surface area (Å²) in [5, 5.41) is 29.9. The molecule has 0 saturated heterocycles. The Bertz CT molecular complexity index is 378. The van der Waals surface area contributed by atoms with Gasteiger partial charge in [0.2, 0.25) is 0 Å². The van der Waals surface area contributed by atoms with Crippen molar-refractivity contribution in [3.8, 4) is 0 Å². The fourth-order valence-corrected chi connectivity index (χ4v) is 2.64. The molecule has 0 aliphatic heterocycles. The molecule has 0 amide bonds. The van der Waals surface area contributed by atoms with Gasteiger partial charge in [0.05, 0.1) is 19.6 Å². The average Bonchev–Trinajstić information content (AvgIpc) is 2.50. The molecule has 6 nitrogen and oxygen atoms in total. The average molecular weight is 369 g/mol. The number of aliphatic hydroxyl groups is 1. The summed E-state index contributed by atoms with van der Waals surface area (Å²) in [5.41, 5.74) is 0. The van der Waals surface area contributed by atoms with Gasteiger partial charge in [-0.1, -0.05) is 32.8 Å². The third kappa shape index (κ3) is 11.0. The van der Waals surface area contributed by atoms with E-state index >= 15 is 0 Å². The molecular weight excluding hydrogens is 337 g/mol. The summed E-state index contributed by atoms with van der Waals surface area (Å²) >= 11 is 0. The quantitative estimate of drug-likeness (QED) is 0.129. The van der Waals surface area contributed by atoms with Crippen LogP contribution in [0, 0.1) is 11.8 Å². The van der Waals surface area contributed by atoms with Crippen molar-refractivity contribution in [2.24, 2.45) is 11.8 Å². The number of aliphatic hydroxyl groups excluding tert-OH is 1. The van der Waals surface area contributed by atoms with Crippen LogP contribution in [0.2, 0.25) is 0 Å². The van der Waals surface area contributed by atoms with Crippen molar-refractivity contribution in [3.63, 3.8) is 0 Å². The molecule has 0 rings (SSSR count). The van der Waals surface area contributed by atoms with Gasteiger partial charge < -0.3 is 20.1 Å². The van der Waals surface area contributed by atoms with Crippen molar-refractivity contribution in [2.45, 2.75) is 46.5 Å². The number of carboxylic acids is 2. The minimum atomic E-state index is -1.18. The molecule has 24 heavy (non-hydrogen) atoms. The Hall–Kier alpha value is 0.236. The number of rotatable bonds is 13. The molecule has 0 heterocycles. The van der Waals surface area contributed by atoms with Crippen molar-refractivity contribution in [1.82, 2.24) is 0 Å². The Kier molecular flexibility index (Phi) is 15.9. The molecule has 0 aromatic heterocycles. The van der Waals surface area contributed by atoms with Crippen LogP contribution in [-0.2, 0) is 9.59 Å². The van der Waals surface area contributed by atoms with Crippen molar-refractivity contribution in [1.29, 1.82) is 0 Å². The maximum absolute atomic E-state index is 11.1. The van der Waals surface area contributed by atoms with Gasteiger partial charge in [-0.05, 0) is 25.8 Å². The number of aliphatic carboxylic acids is 2. The number of quaternary nitrogens is 1. The molecule has 134 valence electrons. The normalized spacial score (nSPS) is 16.2. The third-order valence-electron chi connectivity index (χ3n) is 4.08. The van der Waals surface area contributed by atoms with Gasteiger partial charge in [0.1, 0.15) is 5.92 Å². The molecule has 0 radical (unpaired) electrons. The second-order valence-corrected chi connectivity index (χ2v) is 6.46. The second-order valence-electron chi connectivity index (χ2n) is 6.46. The predicted molar refractivity (Wildman–Crippen MR) is 86.2 cm³/mol. The van der Waals surface area contributed by atoms with Crippen LogP contribution < -0.4 is 56.5 Å². The van der Waals surface area contributed by atoms with Crippen LogP contribution in [-0.4, -0.2) is 53.0 Å². The van der Waals surface area contributed by atoms with Gasteiger partial charge in [0, 0.05) is 11.9 Å². The van der Waals surface area contributed by atoms with Crippen LogP contribution in [0.4, 0.5) is 0 Å². The van der Waals surface area contributed by atoms with Gasteiger partial charge in [-0.15, -0.1) is 0 Å². The van der Waals surface area contributed by atoms with Crippen LogP contribution in [0.15, 0.2) is 12.2 Å². The predicted octanol–water partition coefficient (Wildman–Crippen LogP) is -2.00. The van der Waals surface area contributed by atoms with Crippen molar-refractivity contribution >= 4 is 11.9 Å². The monoisotopic (exact) mass is 368 g/mol. The summed E-state index contributed by atoms with van der Waals surface area (Å²) in [6.45, 7) is 5.67. The minimum absolute atomic E-state index is 0. The number of carbonyl (C=O) groups is 2. The fourth-order valence-electron chi connectivity index (χ4n) is 2.64. The largest absolute Gasteiger partial charge is 1.00 e. The summed E-state index contributed by atoms with van der Waals surface area (Å²) in [6.07, 6.45) is 8.26. The maximum atomic E-state index is 11.1. The number of allylic oxidation sites excluding steroid dienone is 1. The molecular formula is C17H31KNO5+. The van der Waals surface area contributed by atoms with Crippen LogP contribution in [0.5, 0.6) is 0 Å². The summed E-state index contributed by atoms with van der Waals surface area (Å²) < 4.78 is 0.0207. The van der Waals surface area contributed by atoms with Gasteiger partial charge in [-0.3, -0.25) is 9.28 Å². The number of carboxylic acid groups (broad SMARTS) is 2. The van der Waals surface area contributed by atoms with Gasteiger partial charge in [0.25, 0.3) is 0 Å². The van der Waals surface area contributed by atoms with E-state index in [4.69, 9.17) is 5.11 Å². The first kappa shape index (κ1) is 26.5. The minimum Gasteiger partial charge on any atom is -0.550 e. The van der Waals surface area contributed by atoms with E-state index in [9.17, 15) is 19.8 Å². The molecule has 3 unspecified atom stereocenters. The molecule has 0 aliphatic carbocycles. The molecule has 2 N–H and O–H groups in total. The molecule has 3 atom stereocenters. The Morgan fingerprint density at radius 1 is 1.12 bits per heavy atom. The molecule has 0 aliphatic rings. The van der Waals surface area contributed by atoms with E-state index in [-0.39, 0.29) is 75.7 Å². The standard InChI is InChI=1S/C17H31NO5.K/c1-4-5-6-7-8-9-10-18(13-19,11-14(2)16(20)21)12-15(3)17(22)23;/h8-9,14-15,19H,4-7,10-13H2,1-3H3,(H-,20,21,22,23);/q;+1/b9-8+;. The zero-order chi connectivity index (χ0) is 17.9. The summed E-state index contributed by atoms with van der Waals surface area (Å²) in [6, 6.07) is 0. The number of carbonyl (C=O) groups excluding carboxylic acids is 1. The SMILES string of the molecule is CCCCC/C=C/C[N+](CO)(CC(C)C(=O)[O-])CC(C)C(=O)O.[K+]. The molecule has 0 aromatic rings. The zero-order valence-electron chi connectivity index (χ0n) is 15.5. The Morgan fingerprint density at radius 2 is 1.71 bits per heavy atom. The molecule has 0 aromatic carbocycles. The number of nitrogens with zero attached hydrogens (tertiary/aromatic N) is 1. The van der Waals surface area contributed by atoms with E-state index in [0.717, 1.165) is 25.7 Å². The van der Waals surface area contributed by atoms with Crippen molar-refractivity contribution < 1.29 is 80.8 Å². The molecule has 0 spiro atoms. The molecule has 0 bridgehead atoms. The van der Waals surface area contributed by atoms with Crippen molar-refractivity contribution in [3.05, 3.63) is 12.2 Å². The maximum Gasteiger partial charge on any atom is 1.00 e. The van der Waals surface area contributed by atoms with Gasteiger partial charge in [0.15, 0.2) is 6.73 Å². The van der Waals surface area contributed by atoms with Crippen LogP contribution in [0.3, 0.4) is 0 Å². The third-order valence-corrected chi connectivity index (χ3v) is 4.08. The fraction of sp³-hybridized carbons (Fsp3) is 0.765. The zero-order valence-corrected chi connectivity index (χ0v) is 18.7. The van der Waals surface area contributed by atoms with E-state index < -0.39 is 23.8 Å².